The molecule has 164 valence electrons. The molecule has 0 unspecified atom stereocenters. The third-order valence-corrected chi connectivity index (χ3v) is 6.33. The van der Waals surface area contributed by atoms with Gasteiger partial charge in [-0.2, -0.15) is 0 Å². The Labute approximate surface area is 188 Å². The van der Waals surface area contributed by atoms with Crippen molar-refractivity contribution in [2.45, 2.75) is 26.2 Å². The van der Waals surface area contributed by atoms with Crippen LogP contribution in [0.25, 0.3) is 17.2 Å². The maximum atomic E-state index is 12.6. The van der Waals surface area contributed by atoms with Gasteiger partial charge in [-0.25, -0.2) is 4.79 Å². The van der Waals surface area contributed by atoms with E-state index in [1.165, 1.54) is 0 Å². The van der Waals surface area contributed by atoms with E-state index in [-0.39, 0.29) is 11.9 Å². The second kappa shape index (κ2) is 8.61. The third-order valence-electron chi connectivity index (χ3n) is 6.33. The lowest BCUT2D eigenvalue weighted by Gasteiger charge is -2.21. The predicted molar refractivity (Wildman–Crippen MR) is 126 cm³/mol. The summed E-state index contributed by atoms with van der Waals surface area (Å²) >= 11 is 0. The predicted octanol–water partition coefficient (Wildman–Crippen LogP) is 4.16. The van der Waals surface area contributed by atoms with Crippen molar-refractivity contribution in [2.75, 3.05) is 37.7 Å². The van der Waals surface area contributed by atoms with Crippen LogP contribution in [0.4, 0.5) is 5.69 Å². The molecule has 1 saturated heterocycles. The highest BCUT2D eigenvalue weighted by Gasteiger charge is 2.28. The van der Waals surface area contributed by atoms with Crippen LogP contribution in [-0.2, 0) is 9.53 Å². The molecule has 0 aromatic heterocycles. The average Bonchev–Trinajstić information content (AvgIpc) is 3.49. The zero-order valence-corrected chi connectivity index (χ0v) is 18.3. The van der Waals surface area contributed by atoms with Gasteiger partial charge in [-0.05, 0) is 60.7 Å². The second-order valence-corrected chi connectivity index (χ2v) is 8.37. The lowest BCUT2D eigenvalue weighted by atomic mass is 9.99. The summed E-state index contributed by atoms with van der Waals surface area (Å²) in [6.45, 7) is 5.41. The number of esters is 1. The number of nitrogens with zero attached hydrogens (tertiary/aromatic N) is 3. The van der Waals surface area contributed by atoms with E-state index in [1.54, 1.807) is 0 Å². The summed E-state index contributed by atoms with van der Waals surface area (Å²) in [5.41, 5.74) is 5.54. The van der Waals surface area contributed by atoms with Crippen molar-refractivity contribution >= 4 is 29.5 Å². The second-order valence-electron chi connectivity index (χ2n) is 8.37. The number of fused-ring (bicyclic) bond motifs is 3. The maximum absolute atomic E-state index is 12.6. The standard InChI is InChI=1S/C26H27N3O3/c1-2-32-26(31)22-15-21-10-9-20(16-23(21)29-14-11-27-24(29)17-22)18-5-7-19(8-6-18)25(30)28-12-3-4-13-28/h5-10,15-16H,2-4,11-14,17H2,1H3. The number of aliphatic imine (C=N–C) groups is 1. The third kappa shape index (κ3) is 3.81. The normalized spacial score (nSPS) is 17.3. The van der Waals surface area contributed by atoms with Crippen molar-refractivity contribution in [3.8, 4) is 11.1 Å². The molecule has 6 nitrogen and oxygen atoms in total. The summed E-state index contributed by atoms with van der Waals surface area (Å²) in [6.07, 6.45) is 4.59. The Hall–Kier alpha value is -3.41. The Morgan fingerprint density at radius 2 is 1.75 bits per heavy atom. The number of hydrogen-bond acceptors (Lipinski definition) is 5. The Balaban J connectivity index is 1.46. The number of rotatable bonds is 4. The number of anilines is 1. The van der Waals surface area contributed by atoms with E-state index in [9.17, 15) is 9.59 Å². The number of amidine groups is 1. The highest BCUT2D eigenvalue weighted by atomic mass is 16.5. The minimum absolute atomic E-state index is 0.116. The minimum atomic E-state index is -0.280. The van der Waals surface area contributed by atoms with Crippen LogP contribution in [-0.4, -0.2) is 55.4 Å². The van der Waals surface area contributed by atoms with E-state index in [0.29, 0.717) is 18.6 Å². The first-order valence-electron chi connectivity index (χ1n) is 11.4. The summed E-state index contributed by atoms with van der Waals surface area (Å²) in [6, 6.07) is 14.1. The van der Waals surface area contributed by atoms with Crippen LogP contribution in [0.1, 0.15) is 42.1 Å². The monoisotopic (exact) mass is 429 g/mol. The summed E-state index contributed by atoms with van der Waals surface area (Å²) in [5.74, 6) is 0.745. The number of benzene rings is 2. The van der Waals surface area contributed by atoms with Crippen LogP contribution in [0.2, 0.25) is 0 Å². The van der Waals surface area contributed by atoms with Gasteiger partial charge in [0.25, 0.3) is 5.91 Å². The number of amides is 1. The van der Waals surface area contributed by atoms with E-state index in [2.05, 4.69) is 28.1 Å². The van der Waals surface area contributed by atoms with Crippen molar-refractivity contribution in [1.82, 2.24) is 4.90 Å². The summed E-state index contributed by atoms with van der Waals surface area (Å²) in [7, 11) is 0. The molecule has 3 heterocycles. The molecule has 0 N–H and O–H groups in total. The van der Waals surface area contributed by atoms with Gasteiger partial charge in [-0.15, -0.1) is 0 Å². The lowest BCUT2D eigenvalue weighted by Crippen LogP contribution is -2.28. The molecule has 3 aliphatic heterocycles. The van der Waals surface area contributed by atoms with Crippen molar-refractivity contribution in [3.05, 3.63) is 59.2 Å². The van der Waals surface area contributed by atoms with Crippen molar-refractivity contribution in [2.24, 2.45) is 4.99 Å². The first kappa shape index (κ1) is 20.5. The number of carbonyl (C=O) groups is 2. The smallest absolute Gasteiger partial charge is 0.334 e. The zero-order chi connectivity index (χ0) is 22.1. The van der Waals surface area contributed by atoms with Gasteiger partial charge >= 0.3 is 5.97 Å². The minimum Gasteiger partial charge on any atom is -0.463 e. The molecule has 0 atom stereocenters. The molecule has 1 amide bonds. The molecule has 0 bridgehead atoms. The first-order valence-corrected chi connectivity index (χ1v) is 11.4. The van der Waals surface area contributed by atoms with Gasteiger partial charge in [-0.3, -0.25) is 9.79 Å². The lowest BCUT2D eigenvalue weighted by molar-refractivity contribution is -0.138. The quantitative estimate of drug-likeness (QED) is 0.685. The zero-order valence-electron chi connectivity index (χ0n) is 18.3. The van der Waals surface area contributed by atoms with Gasteiger partial charge in [0.1, 0.15) is 5.84 Å². The topological polar surface area (TPSA) is 62.2 Å². The molecule has 5 rings (SSSR count). The van der Waals surface area contributed by atoms with Crippen LogP contribution in [0.15, 0.2) is 53.0 Å². The molecular weight excluding hydrogens is 402 g/mol. The summed E-state index contributed by atoms with van der Waals surface area (Å²) in [5, 5.41) is 0. The van der Waals surface area contributed by atoms with Gasteiger partial charge < -0.3 is 14.5 Å². The number of carbonyl (C=O) groups excluding carboxylic acids is 2. The molecule has 1 fully saturated rings. The van der Waals surface area contributed by atoms with E-state index < -0.39 is 0 Å². The molecule has 2 aromatic rings. The Bertz CT molecular complexity index is 1110. The van der Waals surface area contributed by atoms with Crippen LogP contribution in [0.5, 0.6) is 0 Å². The molecule has 0 spiro atoms. The van der Waals surface area contributed by atoms with Crippen molar-refractivity contribution in [1.29, 1.82) is 0 Å². The summed E-state index contributed by atoms with van der Waals surface area (Å²) in [4.78, 5) is 33.8. The Morgan fingerprint density at radius 1 is 1.00 bits per heavy atom. The molecule has 32 heavy (non-hydrogen) atoms. The van der Waals surface area contributed by atoms with Gasteiger partial charge in [0.2, 0.25) is 0 Å². The SMILES string of the molecule is CCOC(=O)C1=Cc2ccc(-c3ccc(C(=O)N4CCCC4)cc3)cc2N2CCN=C2C1. The fourth-order valence-corrected chi connectivity index (χ4v) is 4.66. The molecule has 0 saturated carbocycles. The molecule has 6 heteroatoms. The van der Waals surface area contributed by atoms with Crippen molar-refractivity contribution < 1.29 is 14.3 Å². The highest BCUT2D eigenvalue weighted by molar-refractivity contribution is 6.10. The maximum Gasteiger partial charge on any atom is 0.334 e. The van der Waals surface area contributed by atoms with Gasteiger partial charge in [0.05, 0.1) is 18.8 Å². The van der Waals surface area contributed by atoms with Crippen molar-refractivity contribution in [3.63, 3.8) is 0 Å². The van der Waals surface area contributed by atoms with E-state index >= 15 is 0 Å². The molecule has 0 radical (unpaired) electrons. The number of hydrogen-bond donors (Lipinski definition) is 0. The first-order chi connectivity index (χ1) is 15.6. The van der Waals surface area contributed by atoms with Crippen LogP contribution in [0, 0.1) is 0 Å². The molecular formula is C26H27N3O3. The van der Waals surface area contributed by atoms with Crippen LogP contribution < -0.4 is 4.90 Å². The van der Waals surface area contributed by atoms with Gasteiger partial charge in [-0.1, -0.05) is 24.3 Å². The fraction of sp³-hybridized carbons (Fsp3) is 0.346. The summed E-state index contributed by atoms with van der Waals surface area (Å²) < 4.78 is 5.25. The average molecular weight is 430 g/mol. The largest absolute Gasteiger partial charge is 0.463 e. The van der Waals surface area contributed by atoms with Crippen LogP contribution >= 0.6 is 0 Å². The Morgan fingerprint density at radius 3 is 2.50 bits per heavy atom. The molecule has 3 aliphatic rings. The van der Waals surface area contributed by atoms with E-state index in [1.807, 2.05) is 42.2 Å². The fourth-order valence-electron chi connectivity index (χ4n) is 4.66. The molecule has 2 aromatic carbocycles. The van der Waals surface area contributed by atoms with Gasteiger partial charge in [0, 0.05) is 37.2 Å². The highest BCUT2D eigenvalue weighted by Crippen LogP contribution is 2.35. The number of likely N-dealkylation sites (tertiary alicyclic amines) is 1. The number of ether oxygens (including phenoxy) is 1. The van der Waals surface area contributed by atoms with E-state index in [4.69, 9.17) is 4.74 Å². The van der Waals surface area contributed by atoms with E-state index in [0.717, 1.165) is 72.8 Å². The van der Waals surface area contributed by atoms with Gasteiger partial charge in [0.15, 0.2) is 0 Å². The molecule has 0 aliphatic carbocycles. The Kier molecular flexibility index (Phi) is 5.52. The van der Waals surface area contributed by atoms with Crippen LogP contribution in [0.3, 0.4) is 0 Å².